The van der Waals surface area contributed by atoms with E-state index >= 15 is 0 Å². The lowest BCUT2D eigenvalue weighted by molar-refractivity contribution is -0.132. The Morgan fingerprint density at radius 2 is 1.89 bits per heavy atom. The molecule has 0 aliphatic rings. The second-order valence-electron chi connectivity index (χ2n) is 3.41. The Morgan fingerprint density at radius 3 is 2.32 bits per heavy atom. The fourth-order valence-corrected chi connectivity index (χ4v) is 3.61. The van der Waals surface area contributed by atoms with Gasteiger partial charge in [0.05, 0.1) is 16.8 Å². The molecule has 1 heterocycles. The lowest BCUT2D eigenvalue weighted by Crippen LogP contribution is -2.31. The number of carbonyl (C=O) groups is 2. The number of amides is 1. The van der Waals surface area contributed by atoms with E-state index in [-0.39, 0.29) is 16.0 Å². The third-order valence-electron chi connectivity index (χ3n) is 1.82. The number of aliphatic hydroxyl groups excluding tert-OH is 1. The Morgan fingerprint density at radius 1 is 1.32 bits per heavy atom. The average molecular weight is 306 g/mol. The van der Waals surface area contributed by atoms with Crippen molar-refractivity contribution in [3.05, 3.63) is 22.5 Å². The molecule has 1 amide bonds. The van der Waals surface area contributed by atoms with E-state index in [1.54, 1.807) is 11.6 Å². The van der Waals surface area contributed by atoms with Gasteiger partial charge in [0.2, 0.25) is 0 Å². The van der Waals surface area contributed by atoms with E-state index in [9.17, 15) is 18.0 Å². The van der Waals surface area contributed by atoms with Crippen molar-refractivity contribution >= 4 is 33.2 Å². The third kappa shape index (κ3) is 3.76. The Hall–Kier alpha value is -1.94. The molecule has 0 spiro atoms. The predicted octanol–water partition coefficient (Wildman–Crippen LogP) is 0.0913. The van der Waals surface area contributed by atoms with E-state index in [4.69, 9.17) is 10.2 Å². The van der Waals surface area contributed by atoms with Crippen LogP contribution in [0.25, 0.3) is 0 Å². The molecule has 0 radical (unpaired) electrons. The Labute approximate surface area is 112 Å². The highest BCUT2D eigenvalue weighted by Crippen LogP contribution is 2.22. The fourth-order valence-electron chi connectivity index (χ4n) is 1.17. The molecule has 0 bridgehead atoms. The summed E-state index contributed by atoms with van der Waals surface area (Å²) in [6.45, 7) is 3.05. The van der Waals surface area contributed by atoms with Crippen molar-refractivity contribution in [2.24, 2.45) is 0 Å². The summed E-state index contributed by atoms with van der Waals surface area (Å²) in [5.41, 5.74) is 0.213. The number of aryl methyl sites for hydroxylation is 2. The first-order valence-corrected chi connectivity index (χ1v) is 7.08. The highest BCUT2D eigenvalue weighted by molar-refractivity contribution is 7.92. The zero-order valence-corrected chi connectivity index (χ0v) is 11.5. The highest BCUT2D eigenvalue weighted by atomic mass is 32.2. The molecule has 0 aromatic carbocycles. The van der Waals surface area contributed by atoms with Crippen LogP contribution in [-0.4, -0.2) is 35.5 Å². The van der Waals surface area contributed by atoms with Crippen LogP contribution in [-0.2, 0) is 19.6 Å². The topological polar surface area (TPSA) is 134 Å². The number of hydrogen-bond acceptors (Lipinski definition) is 7. The van der Waals surface area contributed by atoms with Crippen molar-refractivity contribution in [2.45, 2.75) is 18.1 Å². The van der Waals surface area contributed by atoms with Crippen molar-refractivity contribution in [1.29, 1.82) is 0 Å². The van der Waals surface area contributed by atoms with Gasteiger partial charge in [0, 0.05) is 0 Å². The van der Waals surface area contributed by atoms with Gasteiger partial charge in [0.25, 0.3) is 15.9 Å². The Balaban J connectivity index is 3.02. The van der Waals surface area contributed by atoms with Gasteiger partial charge in [-0.3, -0.25) is 4.79 Å². The number of aliphatic carboxylic acids is 1. The van der Waals surface area contributed by atoms with E-state index < -0.39 is 27.7 Å². The molecule has 0 atom stereocenters. The number of hydrogen-bond donors (Lipinski definition) is 3. The molecule has 1 aromatic heterocycles. The predicted molar refractivity (Wildman–Crippen MR) is 65.3 cm³/mol. The molecular weight excluding hydrogens is 296 g/mol. The maximum absolute atomic E-state index is 11.8. The first-order chi connectivity index (χ1) is 8.63. The van der Waals surface area contributed by atoms with Gasteiger partial charge in [0.15, 0.2) is 9.97 Å². The van der Waals surface area contributed by atoms with Crippen molar-refractivity contribution < 1.29 is 28.2 Å². The molecule has 1 aromatic rings. The van der Waals surface area contributed by atoms with Crippen LogP contribution >= 0.6 is 11.3 Å². The number of aromatic nitrogens is 1. The Kier molecular flexibility index (Phi) is 4.27. The molecular formula is C9H10N2O6S2. The minimum atomic E-state index is -4.19. The van der Waals surface area contributed by atoms with Gasteiger partial charge < -0.3 is 10.2 Å². The summed E-state index contributed by atoms with van der Waals surface area (Å²) in [4.78, 5) is 25.4. The molecule has 0 fully saturated rings. The zero-order valence-electron chi connectivity index (χ0n) is 9.87. The van der Waals surface area contributed by atoms with Gasteiger partial charge in [-0.25, -0.2) is 22.9 Å². The first kappa shape index (κ1) is 15.1. The molecule has 1 rings (SSSR count). The highest BCUT2D eigenvalue weighted by Gasteiger charge is 2.25. The molecule has 0 saturated carbocycles. The van der Waals surface area contributed by atoms with Crippen LogP contribution in [0.2, 0.25) is 0 Å². The number of carboxylic acids is 1. The summed E-state index contributed by atoms with van der Waals surface area (Å²) in [7, 11) is -4.19. The number of aliphatic hydroxyl groups is 1. The largest absolute Gasteiger partial charge is 0.503 e. The molecule has 0 aliphatic carbocycles. The maximum atomic E-state index is 11.8. The van der Waals surface area contributed by atoms with Gasteiger partial charge in [-0.1, -0.05) is 0 Å². The number of carbonyl (C=O) groups excluding carboxylic acids is 1. The minimum Gasteiger partial charge on any atom is -0.503 e. The number of sulfonamides is 1. The van der Waals surface area contributed by atoms with Gasteiger partial charge in [0.1, 0.15) is 0 Å². The van der Waals surface area contributed by atoms with Gasteiger partial charge in [-0.05, 0) is 13.8 Å². The van der Waals surface area contributed by atoms with Crippen molar-refractivity contribution in [3.8, 4) is 0 Å². The smallest absolute Gasteiger partial charge is 0.332 e. The van der Waals surface area contributed by atoms with Gasteiger partial charge in [-0.15, -0.1) is 11.3 Å². The number of thiazole rings is 1. The lowest BCUT2D eigenvalue weighted by atomic mass is 10.4. The summed E-state index contributed by atoms with van der Waals surface area (Å²) in [5.74, 6) is -4.21. The Bertz CT molecular complexity index is 658. The van der Waals surface area contributed by atoms with Crippen LogP contribution in [0.5, 0.6) is 0 Å². The third-order valence-corrected chi connectivity index (χ3v) is 4.84. The normalized spacial score (nSPS) is 12.2. The maximum Gasteiger partial charge on any atom is 0.332 e. The zero-order chi connectivity index (χ0) is 14.8. The van der Waals surface area contributed by atoms with Crippen LogP contribution in [0.4, 0.5) is 0 Å². The number of nitrogens with one attached hydrogen (secondary N) is 1. The van der Waals surface area contributed by atoms with Crippen LogP contribution in [0.15, 0.2) is 16.0 Å². The van der Waals surface area contributed by atoms with Crippen molar-refractivity contribution in [3.63, 3.8) is 0 Å². The summed E-state index contributed by atoms with van der Waals surface area (Å²) in [5, 5.41) is 17.9. The standard InChI is InChI=1S/C9H10N2O6S2/c1-4-9(18-5(2)10-4)19(16,17)11-8(15)6(12)3-7(13)14/h3,12H,1-2H3,(H,11,15)(H,13,14). The molecule has 0 saturated heterocycles. The first-order valence-electron chi connectivity index (χ1n) is 4.78. The summed E-state index contributed by atoms with van der Waals surface area (Å²) in [6.07, 6.45) is 0.190. The molecule has 104 valence electrons. The number of nitrogens with zero attached hydrogens (tertiary/aromatic N) is 1. The van der Waals surface area contributed by atoms with Gasteiger partial charge >= 0.3 is 5.97 Å². The van der Waals surface area contributed by atoms with Crippen LogP contribution in [0.1, 0.15) is 10.7 Å². The van der Waals surface area contributed by atoms with Crippen LogP contribution in [0, 0.1) is 13.8 Å². The van der Waals surface area contributed by atoms with Crippen molar-refractivity contribution in [1.82, 2.24) is 9.71 Å². The van der Waals surface area contributed by atoms with E-state index in [0.717, 1.165) is 11.3 Å². The fraction of sp³-hybridized carbons (Fsp3) is 0.222. The molecule has 0 unspecified atom stereocenters. The average Bonchev–Trinajstić information content (AvgIpc) is 2.56. The molecule has 10 heteroatoms. The molecule has 8 nitrogen and oxygen atoms in total. The van der Waals surface area contributed by atoms with E-state index in [1.807, 2.05) is 0 Å². The monoisotopic (exact) mass is 306 g/mol. The number of carboxylic acid groups (broad SMARTS) is 1. The number of rotatable bonds is 4. The van der Waals surface area contributed by atoms with E-state index in [1.165, 1.54) is 6.92 Å². The molecule has 3 N–H and O–H groups in total. The second kappa shape index (κ2) is 5.36. The van der Waals surface area contributed by atoms with Crippen LogP contribution in [0.3, 0.4) is 0 Å². The van der Waals surface area contributed by atoms with E-state index in [2.05, 4.69) is 4.98 Å². The summed E-state index contributed by atoms with van der Waals surface area (Å²) in [6, 6.07) is 0. The lowest BCUT2D eigenvalue weighted by Gasteiger charge is -2.04. The molecule has 19 heavy (non-hydrogen) atoms. The summed E-state index contributed by atoms with van der Waals surface area (Å²) >= 11 is 0.858. The van der Waals surface area contributed by atoms with Crippen LogP contribution < -0.4 is 4.72 Å². The SMILES string of the molecule is Cc1nc(C)c(S(=O)(=O)NC(=O)C(O)=CC(=O)O)s1. The quantitative estimate of drug-likeness (QED) is 0.530. The summed E-state index contributed by atoms with van der Waals surface area (Å²) < 4.78 is 25.0. The van der Waals surface area contributed by atoms with Gasteiger partial charge in [-0.2, -0.15) is 0 Å². The molecule has 0 aliphatic heterocycles. The van der Waals surface area contributed by atoms with Crippen molar-refractivity contribution in [2.75, 3.05) is 0 Å². The minimum absolute atomic E-state index is 0.165. The second-order valence-corrected chi connectivity index (χ2v) is 6.49. The van der Waals surface area contributed by atoms with E-state index in [0.29, 0.717) is 5.01 Å².